The van der Waals surface area contributed by atoms with Crippen molar-refractivity contribution >= 4 is 16.9 Å². The number of hydrogen-bond donors (Lipinski definition) is 1. The zero-order valence-corrected chi connectivity index (χ0v) is 9.96. The van der Waals surface area contributed by atoms with Crippen LogP contribution in [0.3, 0.4) is 0 Å². The Bertz CT molecular complexity index is 594. The van der Waals surface area contributed by atoms with Crippen molar-refractivity contribution in [3.63, 3.8) is 0 Å². The second-order valence-corrected chi connectivity index (χ2v) is 4.24. The van der Waals surface area contributed by atoms with E-state index in [0.29, 0.717) is 5.69 Å². The summed E-state index contributed by atoms with van der Waals surface area (Å²) < 4.78 is 1.77. The third-order valence-corrected chi connectivity index (χ3v) is 3.33. The lowest BCUT2D eigenvalue weighted by atomic mass is 10.0. The van der Waals surface area contributed by atoms with E-state index >= 15 is 0 Å². The minimum atomic E-state index is -0.867. The van der Waals surface area contributed by atoms with Gasteiger partial charge in [-0.3, -0.25) is 0 Å². The van der Waals surface area contributed by atoms with Gasteiger partial charge in [-0.25, -0.2) is 4.79 Å². The highest BCUT2D eigenvalue weighted by Gasteiger charge is 2.18. The average Bonchev–Trinajstić information content (AvgIpc) is 2.45. The molecule has 0 saturated heterocycles. The summed E-state index contributed by atoms with van der Waals surface area (Å²) in [5.74, 6) is -0.867. The first-order valence-electron chi connectivity index (χ1n) is 5.23. The highest BCUT2D eigenvalue weighted by molar-refractivity contribution is 5.99. The minimum Gasteiger partial charge on any atom is -0.477 e. The van der Waals surface area contributed by atoms with Crippen LogP contribution in [0.1, 0.15) is 27.2 Å². The van der Waals surface area contributed by atoms with Gasteiger partial charge in [0.25, 0.3) is 0 Å². The van der Waals surface area contributed by atoms with Crippen molar-refractivity contribution in [2.24, 2.45) is 7.05 Å². The Balaban J connectivity index is 3.00. The van der Waals surface area contributed by atoms with E-state index in [4.69, 9.17) is 0 Å². The Hall–Kier alpha value is -1.77. The summed E-state index contributed by atoms with van der Waals surface area (Å²) >= 11 is 0. The quantitative estimate of drug-likeness (QED) is 0.798. The van der Waals surface area contributed by atoms with Gasteiger partial charge in [0.15, 0.2) is 0 Å². The molecule has 1 heterocycles. The number of aromatic nitrogens is 1. The zero-order chi connectivity index (χ0) is 12.0. The summed E-state index contributed by atoms with van der Waals surface area (Å²) in [5, 5.41) is 10.2. The van der Waals surface area contributed by atoms with E-state index in [1.54, 1.807) is 4.57 Å². The Labute approximate surface area is 94.3 Å². The Morgan fingerprint density at radius 3 is 2.38 bits per heavy atom. The molecule has 0 aliphatic heterocycles. The number of aryl methyl sites for hydroxylation is 4. The van der Waals surface area contributed by atoms with Crippen LogP contribution in [0.4, 0.5) is 0 Å². The van der Waals surface area contributed by atoms with Crippen molar-refractivity contribution in [2.45, 2.75) is 20.8 Å². The average molecular weight is 217 g/mol. The summed E-state index contributed by atoms with van der Waals surface area (Å²) in [6.07, 6.45) is 0. The number of rotatable bonds is 1. The number of nitrogens with zero attached hydrogens (tertiary/aromatic N) is 1. The fraction of sp³-hybridized carbons (Fsp3) is 0.308. The van der Waals surface area contributed by atoms with Crippen molar-refractivity contribution < 1.29 is 9.90 Å². The van der Waals surface area contributed by atoms with Crippen LogP contribution >= 0.6 is 0 Å². The van der Waals surface area contributed by atoms with Gasteiger partial charge in [0, 0.05) is 12.4 Å². The second kappa shape index (κ2) is 3.37. The molecule has 2 aromatic rings. The monoisotopic (exact) mass is 217 g/mol. The SMILES string of the molecule is Cc1ccc2c(C)c(C(=O)O)n(C)c2c1C. The molecule has 0 unspecified atom stereocenters. The molecule has 1 N–H and O–H groups in total. The maximum Gasteiger partial charge on any atom is 0.352 e. The summed E-state index contributed by atoms with van der Waals surface area (Å²) in [7, 11) is 1.81. The lowest BCUT2D eigenvalue weighted by Crippen LogP contribution is -2.06. The first-order chi connectivity index (χ1) is 7.45. The normalized spacial score (nSPS) is 11.0. The molecule has 0 bridgehead atoms. The zero-order valence-electron chi connectivity index (χ0n) is 9.96. The molecule has 3 heteroatoms. The lowest BCUT2D eigenvalue weighted by molar-refractivity contribution is 0.0686. The summed E-state index contributed by atoms with van der Waals surface area (Å²) in [6.45, 7) is 5.93. The fourth-order valence-corrected chi connectivity index (χ4v) is 2.33. The highest BCUT2D eigenvalue weighted by Crippen LogP contribution is 2.28. The number of hydrogen-bond acceptors (Lipinski definition) is 1. The third-order valence-electron chi connectivity index (χ3n) is 3.33. The van der Waals surface area contributed by atoms with Gasteiger partial charge in [0.1, 0.15) is 5.69 Å². The van der Waals surface area contributed by atoms with E-state index < -0.39 is 5.97 Å². The Morgan fingerprint density at radius 1 is 1.19 bits per heavy atom. The topological polar surface area (TPSA) is 42.2 Å². The molecule has 0 spiro atoms. The van der Waals surface area contributed by atoms with Gasteiger partial charge >= 0.3 is 5.97 Å². The van der Waals surface area contributed by atoms with Crippen molar-refractivity contribution in [3.05, 3.63) is 34.5 Å². The number of benzene rings is 1. The van der Waals surface area contributed by atoms with Crippen molar-refractivity contribution in [3.8, 4) is 0 Å². The summed E-state index contributed by atoms with van der Waals surface area (Å²) in [5.41, 5.74) is 4.58. The maximum atomic E-state index is 11.2. The smallest absolute Gasteiger partial charge is 0.352 e. The van der Waals surface area contributed by atoms with Crippen LogP contribution in [0, 0.1) is 20.8 Å². The maximum absolute atomic E-state index is 11.2. The molecule has 0 radical (unpaired) electrons. The summed E-state index contributed by atoms with van der Waals surface area (Å²) in [4.78, 5) is 11.2. The highest BCUT2D eigenvalue weighted by atomic mass is 16.4. The van der Waals surface area contributed by atoms with E-state index in [2.05, 4.69) is 0 Å². The first-order valence-corrected chi connectivity index (χ1v) is 5.23. The van der Waals surface area contributed by atoms with Crippen LogP contribution in [0.5, 0.6) is 0 Å². The van der Waals surface area contributed by atoms with Crippen molar-refractivity contribution in [1.82, 2.24) is 4.57 Å². The number of carbonyl (C=O) groups is 1. The lowest BCUT2D eigenvalue weighted by Gasteiger charge is -2.05. The fourth-order valence-electron chi connectivity index (χ4n) is 2.33. The van der Waals surface area contributed by atoms with Crippen molar-refractivity contribution in [1.29, 1.82) is 0 Å². The van der Waals surface area contributed by atoms with Crippen LogP contribution in [-0.4, -0.2) is 15.6 Å². The molecule has 1 aromatic carbocycles. The van der Waals surface area contributed by atoms with Crippen LogP contribution in [0.2, 0.25) is 0 Å². The standard InChI is InChI=1S/C13H15NO2/c1-7-5-6-10-9(3)12(13(15)16)14(4)11(10)8(7)2/h5-6H,1-4H3,(H,15,16). The minimum absolute atomic E-state index is 0.378. The molecule has 0 amide bonds. The first kappa shape index (κ1) is 10.7. The van der Waals surface area contributed by atoms with E-state index in [9.17, 15) is 9.90 Å². The van der Waals surface area contributed by atoms with E-state index in [0.717, 1.165) is 22.0 Å². The predicted molar refractivity (Wildman–Crippen MR) is 64.1 cm³/mol. The Morgan fingerprint density at radius 2 is 1.81 bits per heavy atom. The van der Waals surface area contributed by atoms with Crippen LogP contribution in [-0.2, 0) is 7.05 Å². The van der Waals surface area contributed by atoms with Gasteiger partial charge in [-0.1, -0.05) is 12.1 Å². The number of aromatic carboxylic acids is 1. The molecule has 0 aliphatic carbocycles. The number of carboxylic acid groups (broad SMARTS) is 1. The van der Waals surface area contributed by atoms with Crippen LogP contribution in [0.15, 0.2) is 12.1 Å². The largest absolute Gasteiger partial charge is 0.477 e. The van der Waals surface area contributed by atoms with E-state index in [1.165, 1.54) is 5.56 Å². The van der Waals surface area contributed by atoms with E-state index in [1.807, 2.05) is 40.0 Å². The van der Waals surface area contributed by atoms with Gasteiger partial charge < -0.3 is 9.67 Å². The molecule has 0 aliphatic rings. The molecular weight excluding hydrogens is 202 g/mol. The number of fused-ring (bicyclic) bond motifs is 1. The predicted octanol–water partition coefficient (Wildman–Crippen LogP) is 2.80. The second-order valence-electron chi connectivity index (χ2n) is 4.24. The Kier molecular flexibility index (Phi) is 2.26. The van der Waals surface area contributed by atoms with Gasteiger partial charge in [-0.05, 0) is 37.5 Å². The van der Waals surface area contributed by atoms with Crippen molar-refractivity contribution in [2.75, 3.05) is 0 Å². The molecular formula is C13H15NO2. The van der Waals surface area contributed by atoms with Gasteiger partial charge in [-0.15, -0.1) is 0 Å². The molecule has 3 nitrogen and oxygen atoms in total. The molecule has 16 heavy (non-hydrogen) atoms. The van der Waals surface area contributed by atoms with Crippen LogP contribution in [0.25, 0.3) is 10.9 Å². The third kappa shape index (κ3) is 1.24. The molecule has 84 valence electrons. The molecule has 0 fully saturated rings. The van der Waals surface area contributed by atoms with Gasteiger partial charge in [0.05, 0.1) is 5.52 Å². The van der Waals surface area contributed by atoms with Crippen LogP contribution < -0.4 is 0 Å². The summed E-state index contributed by atoms with van der Waals surface area (Å²) in [6, 6.07) is 4.04. The molecule has 0 saturated carbocycles. The molecule has 2 rings (SSSR count). The van der Waals surface area contributed by atoms with Gasteiger partial charge in [-0.2, -0.15) is 0 Å². The number of carboxylic acids is 1. The molecule has 1 aromatic heterocycles. The van der Waals surface area contributed by atoms with Gasteiger partial charge in [0.2, 0.25) is 0 Å². The van der Waals surface area contributed by atoms with E-state index in [-0.39, 0.29) is 0 Å². The molecule has 0 atom stereocenters.